The zero-order valence-corrected chi connectivity index (χ0v) is 14.0. The van der Waals surface area contributed by atoms with Gasteiger partial charge in [0.25, 0.3) is 0 Å². The fourth-order valence-electron chi connectivity index (χ4n) is 2.46. The number of nitrogens with zero attached hydrogens (tertiary/aromatic N) is 1. The molecule has 0 unspecified atom stereocenters. The fourth-order valence-corrected chi connectivity index (χ4v) is 4.81. The molecule has 0 radical (unpaired) electrons. The van der Waals surface area contributed by atoms with E-state index in [-0.39, 0.29) is 10.4 Å². The maximum atomic E-state index is 13.9. The van der Waals surface area contributed by atoms with Crippen LogP contribution >= 0.6 is 15.9 Å². The fraction of sp³-hybridized carbons (Fsp3) is 0.538. The first kappa shape index (κ1) is 16.8. The predicted octanol–water partition coefficient (Wildman–Crippen LogP) is 2.35. The molecular formula is C13H17BrF2N2O2S. The summed E-state index contributed by atoms with van der Waals surface area (Å²) in [6.07, 6.45) is 1.76. The minimum Gasteiger partial charge on any atom is -0.317 e. The zero-order chi connectivity index (χ0) is 15.6. The molecule has 118 valence electrons. The molecular weight excluding hydrogens is 366 g/mol. The Morgan fingerprint density at radius 3 is 2.52 bits per heavy atom. The van der Waals surface area contributed by atoms with Crippen LogP contribution in [-0.4, -0.2) is 39.4 Å². The van der Waals surface area contributed by atoms with Crippen LogP contribution in [0.3, 0.4) is 0 Å². The van der Waals surface area contributed by atoms with E-state index in [9.17, 15) is 17.2 Å². The van der Waals surface area contributed by atoms with Gasteiger partial charge in [0.2, 0.25) is 10.0 Å². The summed E-state index contributed by atoms with van der Waals surface area (Å²) in [6.45, 7) is 2.04. The van der Waals surface area contributed by atoms with Crippen molar-refractivity contribution in [3.8, 4) is 0 Å². The van der Waals surface area contributed by atoms with Gasteiger partial charge >= 0.3 is 0 Å². The van der Waals surface area contributed by atoms with Crippen LogP contribution < -0.4 is 5.32 Å². The van der Waals surface area contributed by atoms with Crippen molar-refractivity contribution in [1.82, 2.24) is 9.62 Å². The third-order valence-corrected chi connectivity index (χ3v) is 6.39. The van der Waals surface area contributed by atoms with E-state index in [1.165, 1.54) is 7.05 Å². The summed E-state index contributed by atoms with van der Waals surface area (Å²) >= 11 is 2.93. The van der Waals surface area contributed by atoms with Crippen LogP contribution in [0.2, 0.25) is 0 Å². The Labute approximate surface area is 131 Å². The maximum absolute atomic E-state index is 13.9. The molecule has 0 bridgehead atoms. The summed E-state index contributed by atoms with van der Waals surface area (Å²) in [5, 5.41) is 3.21. The van der Waals surface area contributed by atoms with Gasteiger partial charge in [-0.2, -0.15) is 0 Å². The van der Waals surface area contributed by atoms with Crippen molar-refractivity contribution >= 4 is 26.0 Å². The van der Waals surface area contributed by atoms with Crippen molar-refractivity contribution in [3.05, 3.63) is 28.2 Å². The molecule has 1 saturated heterocycles. The van der Waals surface area contributed by atoms with Crippen molar-refractivity contribution in [2.75, 3.05) is 26.7 Å². The predicted molar refractivity (Wildman–Crippen MR) is 79.5 cm³/mol. The first-order valence-electron chi connectivity index (χ1n) is 6.64. The van der Waals surface area contributed by atoms with Gasteiger partial charge in [-0.3, -0.25) is 0 Å². The minimum atomic E-state index is -3.99. The van der Waals surface area contributed by atoms with Gasteiger partial charge in [0.1, 0.15) is 16.5 Å². The molecule has 1 aliphatic rings. The highest BCUT2D eigenvalue weighted by Crippen LogP contribution is 2.29. The van der Waals surface area contributed by atoms with Gasteiger partial charge in [0.05, 0.1) is 0 Å². The Kier molecular flexibility index (Phi) is 5.34. The lowest BCUT2D eigenvalue weighted by Crippen LogP contribution is -2.37. The van der Waals surface area contributed by atoms with Crippen LogP contribution in [0.5, 0.6) is 0 Å². The van der Waals surface area contributed by atoms with E-state index in [4.69, 9.17) is 0 Å². The molecule has 0 aliphatic carbocycles. The van der Waals surface area contributed by atoms with Crippen LogP contribution in [-0.2, 0) is 10.0 Å². The molecule has 1 N–H and O–H groups in total. The standard InChI is InChI=1S/C13H17BrF2N2O2S/c1-18(8-9-2-4-17-5-3-9)21(19,20)13-11(14)6-10(15)7-12(13)16/h6-7,9,17H,2-5,8H2,1H3. The number of hydrogen-bond acceptors (Lipinski definition) is 3. The number of benzene rings is 1. The van der Waals surface area contributed by atoms with Gasteiger partial charge in [0, 0.05) is 24.1 Å². The van der Waals surface area contributed by atoms with E-state index < -0.39 is 26.6 Å². The topological polar surface area (TPSA) is 49.4 Å². The molecule has 1 aliphatic heterocycles. The Balaban J connectivity index is 2.24. The van der Waals surface area contributed by atoms with Gasteiger partial charge in [0.15, 0.2) is 0 Å². The Bertz CT molecular complexity index is 596. The Morgan fingerprint density at radius 1 is 1.33 bits per heavy atom. The number of sulfonamides is 1. The first-order chi connectivity index (χ1) is 9.82. The summed E-state index contributed by atoms with van der Waals surface area (Å²) in [4.78, 5) is -0.514. The highest BCUT2D eigenvalue weighted by atomic mass is 79.9. The molecule has 1 aromatic carbocycles. The average molecular weight is 383 g/mol. The molecule has 0 atom stereocenters. The van der Waals surface area contributed by atoms with E-state index in [1.807, 2.05) is 0 Å². The van der Waals surface area contributed by atoms with Crippen molar-refractivity contribution in [1.29, 1.82) is 0 Å². The van der Waals surface area contributed by atoms with E-state index in [2.05, 4.69) is 21.2 Å². The number of hydrogen-bond donors (Lipinski definition) is 1. The summed E-state index contributed by atoms with van der Waals surface area (Å²) in [5.41, 5.74) is 0. The lowest BCUT2D eigenvalue weighted by molar-refractivity contribution is 0.310. The van der Waals surface area contributed by atoms with Gasteiger partial charge in [-0.1, -0.05) is 0 Å². The molecule has 0 amide bonds. The monoisotopic (exact) mass is 382 g/mol. The average Bonchev–Trinajstić information content (AvgIpc) is 2.38. The molecule has 1 heterocycles. The van der Waals surface area contributed by atoms with Gasteiger partial charge in [-0.05, 0) is 53.8 Å². The van der Waals surface area contributed by atoms with E-state index in [0.717, 1.165) is 36.3 Å². The smallest absolute Gasteiger partial charge is 0.246 e. The van der Waals surface area contributed by atoms with Gasteiger partial charge in [-0.25, -0.2) is 21.5 Å². The van der Waals surface area contributed by atoms with E-state index >= 15 is 0 Å². The van der Waals surface area contributed by atoms with E-state index in [1.54, 1.807) is 0 Å². The van der Waals surface area contributed by atoms with Gasteiger partial charge < -0.3 is 5.32 Å². The van der Waals surface area contributed by atoms with Crippen LogP contribution in [0, 0.1) is 17.6 Å². The Hall–Kier alpha value is -0.570. The zero-order valence-electron chi connectivity index (χ0n) is 11.6. The number of halogens is 3. The second kappa shape index (κ2) is 6.68. The van der Waals surface area contributed by atoms with E-state index in [0.29, 0.717) is 12.6 Å². The minimum absolute atomic E-state index is 0.0999. The molecule has 21 heavy (non-hydrogen) atoms. The summed E-state index contributed by atoms with van der Waals surface area (Å²) in [5.74, 6) is -1.66. The molecule has 8 heteroatoms. The van der Waals surface area contributed by atoms with Crippen molar-refractivity contribution in [2.45, 2.75) is 17.7 Å². The number of rotatable bonds is 4. The SMILES string of the molecule is CN(CC1CCNCC1)S(=O)(=O)c1c(F)cc(F)cc1Br. The molecule has 1 fully saturated rings. The van der Waals surface area contributed by atoms with Crippen LogP contribution in [0.15, 0.2) is 21.5 Å². The normalized spacial score (nSPS) is 17.4. The second-order valence-electron chi connectivity index (χ2n) is 5.18. The highest BCUT2D eigenvalue weighted by Gasteiger charge is 2.29. The molecule has 0 aromatic heterocycles. The lowest BCUT2D eigenvalue weighted by atomic mass is 9.98. The van der Waals surface area contributed by atoms with Crippen LogP contribution in [0.1, 0.15) is 12.8 Å². The van der Waals surface area contributed by atoms with Crippen LogP contribution in [0.4, 0.5) is 8.78 Å². The molecule has 2 rings (SSSR count). The summed E-state index contributed by atoms with van der Waals surface area (Å²) in [7, 11) is -2.57. The van der Waals surface area contributed by atoms with Crippen molar-refractivity contribution in [3.63, 3.8) is 0 Å². The van der Waals surface area contributed by atoms with Crippen molar-refractivity contribution in [2.24, 2.45) is 5.92 Å². The Morgan fingerprint density at radius 2 is 1.95 bits per heavy atom. The van der Waals surface area contributed by atoms with Crippen LogP contribution in [0.25, 0.3) is 0 Å². The van der Waals surface area contributed by atoms with Crippen molar-refractivity contribution < 1.29 is 17.2 Å². The highest BCUT2D eigenvalue weighted by molar-refractivity contribution is 9.10. The number of nitrogens with one attached hydrogen (secondary N) is 1. The summed E-state index contributed by atoms with van der Waals surface area (Å²) < 4.78 is 52.9. The molecule has 0 spiro atoms. The second-order valence-corrected chi connectivity index (χ2v) is 8.01. The largest absolute Gasteiger partial charge is 0.317 e. The van der Waals surface area contributed by atoms with Gasteiger partial charge in [-0.15, -0.1) is 0 Å². The quantitative estimate of drug-likeness (QED) is 0.869. The lowest BCUT2D eigenvalue weighted by Gasteiger charge is -2.27. The molecule has 0 saturated carbocycles. The third-order valence-electron chi connectivity index (χ3n) is 3.61. The molecule has 4 nitrogen and oxygen atoms in total. The molecule has 1 aromatic rings. The first-order valence-corrected chi connectivity index (χ1v) is 8.87. The third kappa shape index (κ3) is 3.80. The summed E-state index contributed by atoms with van der Waals surface area (Å²) in [6, 6.07) is 1.53. The maximum Gasteiger partial charge on any atom is 0.246 e. The number of piperidine rings is 1.